The van der Waals surface area contributed by atoms with E-state index in [1.54, 1.807) is 15.7 Å². The van der Waals surface area contributed by atoms with Gasteiger partial charge in [-0.25, -0.2) is 4.79 Å². The predicted molar refractivity (Wildman–Crippen MR) is 148 cm³/mol. The average molecular weight is 520 g/mol. The van der Waals surface area contributed by atoms with Crippen molar-refractivity contribution in [2.45, 2.75) is 96.7 Å². The Labute approximate surface area is 224 Å². The molecule has 5 aliphatic rings. The zero-order valence-electron chi connectivity index (χ0n) is 23.0. The molecule has 5 fully saturated rings. The first-order chi connectivity index (χ1) is 18.1. The number of carbonyl (C=O) groups is 2. The molecule has 7 heteroatoms. The van der Waals surface area contributed by atoms with Crippen molar-refractivity contribution in [1.29, 1.82) is 0 Å². The van der Waals surface area contributed by atoms with Gasteiger partial charge < -0.3 is 19.5 Å². The van der Waals surface area contributed by atoms with Crippen molar-refractivity contribution in [2.24, 2.45) is 23.2 Å². The van der Waals surface area contributed by atoms with Crippen LogP contribution in [-0.2, 0) is 16.1 Å². The monoisotopic (exact) mass is 519 g/mol. The van der Waals surface area contributed by atoms with E-state index in [9.17, 15) is 14.4 Å². The molecule has 4 aliphatic carbocycles. The van der Waals surface area contributed by atoms with Crippen molar-refractivity contribution in [3.05, 3.63) is 40.8 Å². The Morgan fingerprint density at radius 3 is 2.37 bits per heavy atom. The van der Waals surface area contributed by atoms with Crippen LogP contribution in [0.5, 0.6) is 0 Å². The van der Waals surface area contributed by atoms with Gasteiger partial charge in [0, 0.05) is 42.2 Å². The highest BCUT2D eigenvalue weighted by molar-refractivity contribution is 6.02. The van der Waals surface area contributed by atoms with Gasteiger partial charge in [0.1, 0.15) is 5.60 Å². The molecular formula is C31H41N3O4. The van der Waals surface area contributed by atoms with Gasteiger partial charge in [-0.3, -0.25) is 9.59 Å². The van der Waals surface area contributed by atoms with E-state index in [1.165, 1.54) is 38.5 Å². The molecule has 4 bridgehead atoms. The van der Waals surface area contributed by atoms with Gasteiger partial charge in [-0.2, -0.15) is 0 Å². The number of anilines is 1. The number of nitrogens with one attached hydrogen (secondary N) is 1. The maximum absolute atomic E-state index is 13.5. The Bertz CT molecular complexity index is 1270. The second kappa shape index (κ2) is 9.42. The van der Waals surface area contributed by atoms with Gasteiger partial charge in [-0.1, -0.05) is 6.07 Å². The average Bonchev–Trinajstić information content (AvgIpc) is 3.27. The fraction of sp³-hybridized carbons (Fsp3) is 0.645. The maximum Gasteiger partial charge on any atom is 0.410 e. The summed E-state index contributed by atoms with van der Waals surface area (Å²) in [5.74, 6) is 2.52. The van der Waals surface area contributed by atoms with Crippen LogP contribution in [0.25, 0.3) is 10.8 Å². The number of ether oxygens (including phenoxy) is 1. The molecule has 1 aliphatic heterocycles. The van der Waals surface area contributed by atoms with Gasteiger partial charge in [0.2, 0.25) is 5.91 Å². The summed E-state index contributed by atoms with van der Waals surface area (Å²) in [4.78, 5) is 41.2. The number of hydrogen-bond donors (Lipinski definition) is 1. The Balaban J connectivity index is 1.17. The molecule has 1 aromatic carbocycles. The number of carbonyl (C=O) groups excluding carboxylic acids is 2. The summed E-state index contributed by atoms with van der Waals surface area (Å²) in [5.41, 5.74) is 0.228. The molecule has 2 amide bonds. The molecule has 7 rings (SSSR count). The Hall–Kier alpha value is -2.83. The first-order valence-corrected chi connectivity index (χ1v) is 14.5. The van der Waals surface area contributed by atoms with Gasteiger partial charge in [-0.05, 0) is 114 Å². The number of rotatable bonds is 5. The highest BCUT2D eigenvalue weighted by atomic mass is 16.6. The first-order valence-electron chi connectivity index (χ1n) is 14.5. The molecule has 1 atom stereocenters. The molecule has 7 nitrogen and oxygen atoms in total. The zero-order chi connectivity index (χ0) is 26.7. The third kappa shape index (κ3) is 4.96. The summed E-state index contributed by atoms with van der Waals surface area (Å²) in [7, 11) is 0. The Morgan fingerprint density at radius 1 is 1.03 bits per heavy atom. The number of nitrogens with zero attached hydrogens (tertiary/aromatic N) is 2. The molecule has 1 saturated heterocycles. The summed E-state index contributed by atoms with van der Waals surface area (Å²) in [6, 6.07) is 7.40. The lowest BCUT2D eigenvalue weighted by Crippen LogP contribution is -2.47. The fourth-order valence-corrected chi connectivity index (χ4v) is 8.43. The van der Waals surface area contributed by atoms with Crippen LogP contribution in [0.4, 0.5) is 10.5 Å². The van der Waals surface area contributed by atoms with Crippen molar-refractivity contribution >= 4 is 28.5 Å². The summed E-state index contributed by atoms with van der Waals surface area (Å²) in [5, 5.41) is 4.52. The van der Waals surface area contributed by atoms with Crippen LogP contribution < -0.4 is 10.9 Å². The molecule has 0 spiro atoms. The molecule has 4 saturated carbocycles. The summed E-state index contributed by atoms with van der Waals surface area (Å²) in [6.07, 6.45) is 11.5. The third-order valence-electron chi connectivity index (χ3n) is 9.41. The van der Waals surface area contributed by atoms with E-state index in [2.05, 4.69) is 5.32 Å². The van der Waals surface area contributed by atoms with Gasteiger partial charge in [0.25, 0.3) is 5.56 Å². The van der Waals surface area contributed by atoms with Crippen molar-refractivity contribution in [2.75, 3.05) is 11.9 Å². The van der Waals surface area contributed by atoms with E-state index in [0.717, 1.165) is 36.0 Å². The number of aromatic nitrogens is 1. The highest BCUT2D eigenvalue weighted by Crippen LogP contribution is 2.61. The lowest BCUT2D eigenvalue weighted by Gasteiger charge is -2.56. The van der Waals surface area contributed by atoms with E-state index < -0.39 is 5.60 Å². The standard InChI is InChI=1S/C31H41N3O4/c1-30(2,3)38-29(37)34-10-5-6-23(34)19-33-11-9-24-25(28(33)36)7-4-8-26(24)32-27(35)18-31-15-20-12-21(16-31)14-22(13-20)17-31/h4,7-9,11,20-23H,5-6,10,12-19H2,1-3H3,(H,32,35)/t20?,21?,22?,23-,31?/m0/s1. The number of benzene rings is 1. The van der Waals surface area contributed by atoms with Gasteiger partial charge in [0.15, 0.2) is 0 Å². The second-order valence-electron chi connectivity index (χ2n) is 13.7. The molecule has 1 N–H and O–H groups in total. The van der Waals surface area contributed by atoms with E-state index in [4.69, 9.17) is 4.74 Å². The van der Waals surface area contributed by atoms with Crippen LogP contribution in [0.15, 0.2) is 35.3 Å². The lowest BCUT2D eigenvalue weighted by atomic mass is 9.49. The number of pyridine rings is 1. The molecule has 1 aromatic heterocycles. The Morgan fingerprint density at radius 2 is 1.71 bits per heavy atom. The van der Waals surface area contributed by atoms with Crippen LogP contribution in [0, 0.1) is 23.2 Å². The van der Waals surface area contributed by atoms with Gasteiger partial charge in [0.05, 0.1) is 6.04 Å². The molecule has 0 unspecified atom stereocenters. The number of likely N-dealkylation sites (tertiary alicyclic amines) is 1. The van der Waals surface area contributed by atoms with Crippen molar-refractivity contribution in [3.63, 3.8) is 0 Å². The minimum Gasteiger partial charge on any atom is -0.444 e. The van der Waals surface area contributed by atoms with E-state index >= 15 is 0 Å². The smallest absolute Gasteiger partial charge is 0.410 e. The second-order valence-corrected chi connectivity index (χ2v) is 13.7. The minimum atomic E-state index is -0.555. The fourth-order valence-electron chi connectivity index (χ4n) is 8.43. The largest absolute Gasteiger partial charge is 0.444 e. The van der Waals surface area contributed by atoms with Crippen LogP contribution in [0.3, 0.4) is 0 Å². The van der Waals surface area contributed by atoms with Crippen LogP contribution >= 0.6 is 0 Å². The topological polar surface area (TPSA) is 80.6 Å². The number of hydrogen-bond acceptors (Lipinski definition) is 4. The van der Waals surface area contributed by atoms with Crippen LogP contribution in [-0.4, -0.2) is 39.7 Å². The molecule has 204 valence electrons. The number of fused-ring (bicyclic) bond motifs is 1. The van der Waals surface area contributed by atoms with Crippen molar-refractivity contribution < 1.29 is 14.3 Å². The molecule has 38 heavy (non-hydrogen) atoms. The Kier molecular flexibility index (Phi) is 6.31. The summed E-state index contributed by atoms with van der Waals surface area (Å²) < 4.78 is 7.28. The van der Waals surface area contributed by atoms with E-state index in [1.807, 2.05) is 45.0 Å². The molecule has 2 aromatic rings. The van der Waals surface area contributed by atoms with E-state index in [0.29, 0.717) is 30.6 Å². The summed E-state index contributed by atoms with van der Waals surface area (Å²) >= 11 is 0. The molecular weight excluding hydrogens is 478 g/mol. The van der Waals surface area contributed by atoms with Gasteiger partial charge in [-0.15, -0.1) is 0 Å². The molecule has 0 radical (unpaired) electrons. The van der Waals surface area contributed by atoms with Crippen LogP contribution in [0.2, 0.25) is 0 Å². The number of amides is 2. The zero-order valence-corrected chi connectivity index (χ0v) is 23.0. The normalized spacial score (nSPS) is 30.1. The SMILES string of the molecule is CC(C)(C)OC(=O)N1CCC[C@H]1Cn1ccc2c(NC(=O)CC34CC5CC(CC(C5)C3)C4)cccc2c1=O. The quantitative estimate of drug-likeness (QED) is 0.530. The maximum atomic E-state index is 13.5. The highest BCUT2D eigenvalue weighted by Gasteiger charge is 2.51. The predicted octanol–water partition coefficient (Wildman–Crippen LogP) is 5.95. The van der Waals surface area contributed by atoms with Crippen LogP contribution in [0.1, 0.15) is 78.6 Å². The first kappa shape index (κ1) is 25.4. The van der Waals surface area contributed by atoms with Crippen molar-refractivity contribution in [1.82, 2.24) is 9.47 Å². The third-order valence-corrected chi connectivity index (χ3v) is 9.41. The van der Waals surface area contributed by atoms with Crippen molar-refractivity contribution in [3.8, 4) is 0 Å². The summed E-state index contributed by atoms with van der Waals surface area (Å²) in [6.45, 7) is 6.66. The van der Waals surface area contributed by atoms with Gasteiger partial charge >= 0.3 is 6.09 Å². The van der Waals surface area contributed by atoms with E-state index in [-0.39, 0.29) is 29.0 Å². The lowest BCUT2D eigenvalue weighted by molar-refractivity contribution is -0.124. The molecule has 2 heterocycles. The minimum absolute atomic E-state index is 0.0718.